The summed E-state index contributed by atoms with van der Waals surface area (Å²) in [4.78, 5) is 23.7. The maximum Gasteiger partial charge on any atom is 0.165 e. The number of ketones is 2. The van der Waals surface area contributed by atoms with Crippen molar-refractivity contribution in [2.75, 3.05) is 19.1 Å². The first kappa shape index (κ1) is 19.2. The molecule has 0 saturated carbocycles. The van der Waals surface area contributed by atoms with E-state index < -0.39 is 0 Å². The van der Waals surface area contributed by atoms with Gasteiger partial charge in [-0.25, -0.2) is 0 Å². The lowest BCUT2D eigenvalue weighted by molar-refractivity contribution is 0.0895. The molecule has 2 aromatic rings. The van der Waals surface area contributed by atoms with Gasteiger partial charge in [-0.3, -0.25) is 9.59 Å². The second-order valence-corrected chi connectivity index (χ2v) is 5.76. The summed E-state index contributed by atoms with van der Waals surface area (Å²) in [6.45, 7) is 2.94. The molecule has 0 atom stereocenters. The van der Waals surface area contributed by atoms with Gasteiger partial charge in [-0.15, -0.1) is 11.6 Å². The quantitative estimate of drug-likeness (QED) is 0.343. The standard InChI is InChI=1S/C20H21ClO4/c1-2-24-14-12-20(23)16-5-9-18(10-6-16)25-17-7-3-15(4-8-17)19(22)11-13-21/h3-10H,2,11-14H2,1H3. The number of carbonyl (C=O) groups excluding carboxylic acids is 2. The fourth-order valence-corrected chi connectivity index (χ4v) is 2.41. The Morgan fingerprint density at radius 1 is 0.840 bits per heavy atom. The first-order valence-corrected chi connectivity index (χ1v) is 8.75. The number of alkyl halides is 1. The number of hydrogen-bond donors (Lipinski definition) is 0. The van der Waals surface area contributed by atoms with Crippen LogP contribution in [0.5, 0.6) is 11.5 Å². The van der Waals surface area contributed by atoms with Crippen molar-refractivity contribution in [1.29, 1.82) is 0 Å². The van der Waals surface area contributed by atoms with Gasteiger partial charge in [0, 0.05) is 36.5 Å². The highest BCUT2D eigenvalue weighted by Crippen LogP contribution is 2.23. The number of rotatable bonds is 10. The Kier molecular flexibility index (Phi) is 7.64. The van der Waals surface area contributed by atoms with Crippen LogP contribution in [-0.2, 0) is 4.74 Å². The van der Waals surface area contributed by atoms with E-state index in [1.165, 1.54) is 0 Å². The molecular formula is C20H21ClO4. The van der Waals surface area contributed by atoms with Crippen LogP contribution in [0.2, 0.25) is 0 Å². The van der Waals surface area contributed by atoms with Crippen LogP contribution in [-0.4, -0.2) is 30.7 Å². The Labute approximate surface area is 152 Å². The molecule has 0 spiro atoms. The molecule has 0 aliphatic heterocycles. The maximum atomic E-state index is 12.0. The Morgan fingerprint density at radius 3 is 1.76 bits per heavy atom. The molecule has 0 amide bonds. The first-order valence-electron chi connectivity index (χ1n) is 8.22. The minimum Gasteiger partial charge on any atom is -0.457 e. The molecule has 0 unspecified atom stereocenters. The highest BCUT2D eigenvalue weighted by molar-refractivity contribution is 6.19. The van der Waals surface area contributed by atoms with Gasteiger partial charge in [0.25, 0.3) is 0 Å². The largest absolute Gasteiger partial charge is 0.457 e. The van der Waals surface area contributed by atoms with Gasteiger partial charge in [0.1, 0.15) is 11.5 Å². The first-order chi connectivity index (χ1) is 12.1. The third kappa shape index (κ3) is 6.00. The second-order valence-electron chi connectivity index (χ2n) is 5.38. The lowest BCUT2D eigenvalue weighted by Crippen LogP contribution is -2.04. The normalized spacial score (nSPS) is 10.5. The van der Waals surface area contributed by atoms with Crippen molar-refractivity contribution in [1.82, 2.24) is 0 Å². The van der Waals surface area contributed by atoms with Crippen LogP contribution in [0.1, 0.15) is 40.5 Å². The van der Waals surface area contributed by atoms with Gasteiger partial charge in [0.2, 0.25) is 0 Å². The van der Waals surface area contributed by atoms with Gasteiger partial charge < -0.3 is 9.47 Å². The molecule has 0 radical (unpaired) electrons. The van der Waals surface area contributed by atoms with Crippen LogP contribution in [0.15, 0.2) is 48.5 Å². The molecule has 0 saturated heterocycles. The number of Topliss-reactive ketones (excluding diaryl/α,β-unsaturated/α-hetero) is 2. The zero-order valence-corrected chi connectivity index (χ0v) is 14.9. The molecule has 5 heteroatoms. The summed E-state index contributed by atoms with van der Waals surface area (Å²) in [5.41, 5.74) is 1.25. The molecule has 2 rings (SSSR count). The van der Waals surface area contributed by atoms with E-state index in [2.05, 4.69) is 0 Å². The minimum atomic E-state index is 0.0106. The van der Waals surface area contributed by atoms with Crippen LogP contribution >= 0.6 is 11.6 Å². The molecule has 0 aliphatic carbocycles. The highest BCUT2D eigenvalue weighted by Gasteiger charge is 2.07. The molecule has 0 aromatic heterocycles. The number of hydrogen-bond acceptors (Lipinski definition) is 4. The minimum absolute atomic E-state index is 0.0106. The van der Waals surface area contributed by atoms with Gasteiger partial charge in [0.15, 0.2) is 11.6 Å². The van der Waals surface area contributed by atoms with Gasteiger partial charge in [-0.05, 0) is 55.5 Å². The average molecular weight is 361 g/mol. The molecule has 25 heavy (non-hydrogen) atoms. The fourth-order valence-electron chi connectivity index (χ4n) is 2.24. The molecule has 0 fully saturated rings. The Hall–Kier alpha value is -2.17. The molecule has 0 heterocycles. The number of carbonyl (C=O) groups is 2. The Morgan fingerprint density at radius 2 is 1.32 bits per heavy atom. The van der Waals surface area contributed by atoms with Gasteiger partial charge >= 0.3 is 0 Å². The van der Waals surface area contributed by atoms with Crippen LogP contribution in [0, 0.1) is 0 Å². The van der Waals surface area contributed by atoms with Crippen molar-refractivity contribution >= 4 is 23.2 Å². The summed E-state index contributed by atoms with van der Waals surface area (Å²) in [6.07, 6.45) is 0.687. The summed E-state index contributed by atoms with van der Waals surface area (Å²) < 4.78 is 10.9. The molecule has 0 aliphatic rings. The molecule has 0 N–H and O–H groups in total. The SMILES string of the molecule is CCOCCC(=O)c1ccc(Oc2ccc(C(=O)CCCl)cc2)cc1. The van der Waals surface area contributed by atoms with Crippen molar-refractivity contribution in [3.63, 3.8) is 0 Å². The van der Waals surface area contributed by atoms with Crippen LogP contribution < -0.4 is 4.74 Å². The van der Waals surface area contributed by atoms with Crippen molar-refractivity contribution in [3.05, 3.63) is 59.7 Å². The third-order valence-electron chi connectivity index (χ3n) is 3.59. The monoisotopic (exact) mass is 360 g/mol. The van der Waals surface area contributed by atoms with Crippen molar-refractivity contribution in [3.8, 4) is 11.5 Å². The van der Waals surface area contributed by atoms with E-state index in [-0.39, 0.29) is 11.6 Å². The van der Waals surface area contributed by atoms with Gasteiger partial charge in [-0.1, -0.05) is 0 Å². The number of halogens is 1. The lowest BCUT2D eigenvalue weighted by Gasteiger charge is -2.07. The summed E-state index contributed by atoms with van der Waals surface area (Å²) >= 11 is 5.58. The molecule has 4 nitrogen and oxygen atoms in total. The van der Waals surface area contributed by atoms with E-state index >= 15 is 0 Å². The van der Waals surface area contributed by atoms with Crippen LogP contribution in [0.3, 0.4) is 0 Å². The Balaban J connectivity index is 1.94. The van der Waals surface area contributed by atoms with Crippen molar-refractivity contribution in [2.45, 2.75) is 19.8 Å². The van der Waals surface area contributed by atoms with E-state index in [4.69, 9.17) is 21.1 Å². The zero-order valence-electron chi connectivity index (χ0n) is 14.2. The third-order valence-corrected chi connectivity index (χ3v) is 3.78. The van der Waals surface area contributed by atoms with E-state index in [9.17, 15) is 9.59 Å². The molecule has 132 valence electrons. The maximum absolute atomic E-state index is 12.0. The second kappa shape index (κ2) is 9.97. The molecular weight excluding hydrogens is 340 g/mol. The Bertz CT molecular complexity index is 693. The number of ether oxygens (including phenoxy) is 2. The zero-order chi connectivity index (χ0) is 18.1. The van der Waals surface area contributed by atoms with Crippen LogP contribution in [0.25, 0.3) is 0 Å². The smallest absolute Gasteiger partial charge is 0.165 e. The topological polar surface area (TPSA) is 52.6 Å². The summed E-state index contributed by atoms with van der Waals surface area (Å²) in [5, 5.41) is 0. The fraction of sp³-hybridized carbons (Fsp3) is 0.300. The van der Waals surface area contributed by atoms with Crippen LogP contribution in [0.4, 0.5) is 0 Å². The van der Waals surface area contributed by atoms with E-state index in [0.717, 1.165) is 0 Å². The molecule has 0 bridgehead atoms. The number of benzene rings is 2. The van der Waals surface area contributed by atoms with E-state index in [1.54, 1.807) is 48.5 Å². The van der Waals surface area contributed by atoms with E-state index in [1.807, 2.05) is 6.92 Å². The summed E-state index contributed by atoms with van der Waals surface area (Å²) in [7, 11) is 0. The average Bonchev–Trinajstić information content (AvgIpc) is 2.63. The predicted molar refractivity (Wildman–Crippen MR) is 98.1 cm³/mol. The van der Waals surface area contributed by atoms with Crippen molar-refractivity contribution < 1.29 is 19.1 Å². The lowest BCUT2D eigenvalue weighted by atomic mass is 10.1. The highest BCUT2D eigenvalue weighted by atomic mass is 35.5. The van der Waals surface area contributed by atoms with E-state index in [0.29, 0.717) is 54.6 Å². The predicted octanol–water partition coefficient (Wildman–Crippen LogP) is 4.90. The van der Waals surface area contributed by atoms with Gasteiger partial charge in [0.05, 0.1) is 6.61 Å². The molecule has 2 aromatic carbocycles. The van der Waals surface area contributed by atoms with Gasteiger partial charge in [-0.2, -0.15) is 0 Å². The summed E-state index contributed by atoms with van der Waals surface area (Å²) in [5.74, 6) is 1.62. The summed E-state index contributed by atoms with van der Waals surface area (Å²) in [6, 6.07) is 13.9. The van der Waals surface area contributed by atoms with Crippen molar-refractivity contribution in [2.24, 2.45) is 0 Å².